The lowest BCUT2D eigenvalue weighted by molar-refractivity contribution is 0.488. The van der Waals surface area contributed by atoms with Crippen LogP contribution in [0.5, 0.6) is 0 Å². The highest BCUT2D eigenvalue weighted by molar-refractivity contribution is 7.20. The van der Waals surface area contributed by atoms with Crippen molar-refractivity contribution < 1.29 is 13.9 Å². The van der Waals surface area contributed by atoms with Gasteiger partial charge < -0.3 is 5.11 Å². The number of benzene rings is 2. The molecule has 25 heavy (non-hydrogen) atoms. The standard InChI is InChI=1S/C20H15ClF2OS/c1-10-15(21)8-7-14(18(10)23)17-13-6-5-12(22)9-16(13)25-20(17)19(24)11-3-2-4-11/h5-9,24H,2-4H2,1H3. The second-order valence-electron chi connectivity index (χ2n) is 6.29. The second kappa shape index (κ2) is 6.11. The molecule has 3 aromatic rings. The predicted octanol–water partition coefficient (Wildman–Crippen LogP) is 7.26. The van der Waals surface area contributed by atoms with Crippen molar-refractivity contribution in [2.75, 3.05) is 0 Å². The van der Waals surface area contributed by atoms with E-state index >= 15 is 0 Å². The van der Waals surface area contributed by atoms with E-state index in [9.17, 15) is 13.9 Å². The van der Waals surface area contributed by atoms with Gasteiger partial charge in [-0.3, -0.25) is 0 Å². The molecule has 0 saturated heterocycles. The predicted molar refractivity (Wildman–Crippen MR) is 100 cm³/mol. The van der Waals surface area contributed by atoms with Crippen LogP contribution in [0.3, 0.4) is 0 Å². The Balaban J connectivity index is 2.06. The van der Waals surface area contributed by atoms with Gasteiger partial charge in [0, 0.05) is 31.8 Å². The van der Waals surface area contributed by atoms with Gasteiger partial charge in [-0.15, -0.1) is 11.3 Å². The van der Waals surface area contributed by atoms with E-state index < -0.39 is 5.82 Å². The van der Waals surface area contributed by atoms with Crippen LogP contribution in [0.2, 0.25) is 5.02 Å². The molecule has 1 saturated carbocycles. The van der Waals surface area contributed by atoms with Gasteiger partial charge in [-0.05, 0) is 62.1 Å². The van der Waals surface area contributed by atoms with E-state index in [2.05, 4.69) is 0 Å². The number of thiophene rings is 1. The Labute approximate surface area is 153 Å². The Kier molecular flexibility index (Phi) is 4.05. The zero-order valence-electron chi connectivity index (χ0n) is 13.5. The number of halogens is 3. The molecule has 0 amide bonds. The number of aliphatic hydroxyl groups excluding tert-OH is 1. The van der Waals surface area contributed by atoms with Crippen LogP contribution in [-0.4, -0.2) is 5.11 Å². The van der Waals surface area contributed by atoms with E-state index in [0.717, 1.165) is 30.2 Å². The van der Waals surface area contributed by atoms with Crippen LogP contribution in [0, 0.1) is 18.6 Å². The zero-order chi connectivity index (χ0) is 17.7. The number of aliphatic hydroxyl groups is 1. The van der Waals surface area contributed by atoms with Crippen LogP contribution in [0.4, 0.5) is 8.78 Å². The number of rotatable bonds is 2. The fourth-order valence-corrected chi connectivity index (χ4v) is 4.49. The lowest BCUT2D eigenvalue weighted by atomic mass is 9.89. The van der Waals surface area contributed by atoms with Crippen LogP contribution in [0.1, 0.15) is 29.7 Å². The van der Waals surface area contributed by atoms with Gasteiger partial charge in [0.25, 0.3) is 0 Å². The van der Waals surface area contributed by atoms with Crippen molar-refractivity contribution in [3.8, 4) is 11.1 Å². The first-order valence-electron chi connectivity index (χ1n) is 8.05. The maximum atomic E-state index is 14.9. The van der Waals surface area contributed by atoms with Crippen LogP contribution < -0.4 is 0 Å². The summed E-state index contributed by atoms with van der Waals surface area (Å²) >= 11 is 7.31. The van der Waals surface area contributed by atoms with Crippen molar-refractivity contribution in [2.24, 2.45) is 0 Å². The molecule has 1 aliphatic carbocycles. The molecule has 1 N–H and O–H groups in total. The highest BCUT2D eigenvalue weighted by Gasteiger charge is 2.24. The summed E-state index contributed by atoms with van der Waals surface area (Å²) < 4.78 is 29.3. The smallest absolute Gasteiger partial charge is 0.135 e. The van der Waals surface area contributed by atoms with Gasteiger partial charge in [-0.25, -0.2) is 8.78 Å². The summed E-state index contributed by atoms with van der Waals surface area (Å²) in [5.41, 5.74) is 2.32. The van der Waals surface area contributed by atoms with Crippen LogP contribution in [0.25, 0.3) is 27.0 Å². The van der Waals surface area contributed by atoms with Gasteiger partial charge >= 0.3 is 0 Å². The second-order valence-corrected chi connectivity index (χ2v) is 7.75. The molecule has 0 bridgehead atoms. The van der Waals surface area contributed by atoms with Crippen molar-refractivity contribution in [3.63, 3.8) is 0 Å². The third-order valence-electron chi connectivity index (χ3n) is 4.75. The molecular formula is C20H15ClF2OS. The van der Waals surface area contributed by atoms with Crippen molar-refractivity contribution in [1.29, 1.82) is 0 Å². The minimum absolute atomic E-state index is 0.204. The molecule has 0 radical (unpaired) electrons. The summed E-state index contributed by atoms with van der Waals surface area (Å²) in [5.74, 6) is -0.561. The molecule has 1 nitrogen and oxygen atoms in total. The van der Waals surface area contributed by atoms with Gasteiger partial charge in [-0.1, -0.05) is 11.6 Å². The van der Waals surface area contributed by atoms with E-state index in [1.165, 1.54) is 23.5 Å². The fraction of sp³-hybridized carbons (Fsp3) is 0.200. The molecule has 5 heteroatoms. The number of fused-ring (bicyclic) bond motifs is 1. The molecule has 1 fully saturated rings. The maximum Gasteiger partial charge on any atom is 0.135 e. The SMILES string of the molecule is Cc1c(Cl)ccc(-c2c(C(O)=C3CCC3)sc3cc(F)ccc23)c1F. The normalized spacial score (nSPS) is 14.0. The quantitative estimate of drug-likeness (QED) is 0.466. The third kappa shape index (κ3) is 2.64. The molecule has 128 valence electrons. The lowest BCUT2D eigenvalue weighted by Gasteiger charge is -2.19. The number of hydrogen-bond donors (Lipinski definition) is 1. The molecule has 0 aliphatic heterocycles. The first kappa shape index (κ1) is 16.6. The molecule has 1 heterocycles. The Morgan fingerprint density at radius 1 is 1.16 bits per heavy atom. The van der Waals surface area contributed by atoms with Gasteiger partial charge in [0.1, 0.15) is 17.4 Å². The molecule has 0 spiro atoms. The fourth-order valence-electron chi connectivity index (χ4n) is 3.11. The monoisotopic (exact) mass is 376 g/mol. The summed E-state index contributed by atoms with van der Waals surface area (Å²) in [7, 11) is 0. The molecule has 1 aromatic heterocycles. The summed E-state index contributed by atoms with van der Waals surface area (Å²) in [6.45, 7) is 1.62. The van der Waals surface area contributed by atoms with E-state index in [4.69, 9.17) is 11.6 Å². The van der Waals surface area contributed by atoms with E-state index in [1.807, 2.05) is 0 Å². The topological polar surface area (TPSA) is 20.2 Å². The highest BCUT2D eigenvalue weighted by Crippen LogP contribution is 2.46. The first-order valence-corrected chi connectivity index (χ1v) is 9.25. The van der Waals surface area contributed by atoms with Crippen LogP contribution in [0.15, 0.2) is 35.9 Å². The Hall–Kier alpha value is -1.91. The largest absolute Gasteiger partial charge is 0.506 e. The molecule has 2 aromatic carbocycles. The van der Waals surface area contributed by atoms with Crippen LogP contribution >= 0.6 is 22.9 Å². The minimum Gasteiger partial charge on any atom is -0.506 e. The summed E-state index contributed by atoms with van der Waals surface area (Å²) in [4.78, 5) is 0.593. The Morgan fingerprint density at radius 3 is 2.60 bits per heavy atom. The summed E-state index contributed by atoms with van der Waals surface area (Å²) in [6.07, 6.45) is 2.73. The van der Waals surface area contributed by atoms with Crippen molar-refractivity contribution in [1.82, 2.24) is 0 Å². The Morgan fingerprint density at radius 2 is 1.92 bits per heavy atom. The zero-order valence-corrected chi connectivity index (χ0v) is 15.1. The maximum absolute atomic E-state index is 14.9. The van der Waals surface area contributed by atoms with Gasteiger partial charge in [-0.2, -0.15) is 0 Å². The van der Waals surface area contributed by atoms with Gasteiger partial charge in [0.15, 0.2) is 0 Å². The molecule has 1 aliphatic rings. The highest BCUT2D eigenvalue weighted by atomic mass is 35.5. The van der Waals surface area contributed by atoms with E-state index in [0.29, 0.717) is 31.3 Å². The van der Waals surface area contributed by atoms with Crippen molar-refractivity contribution in [3.05, 3.63) is 63.0 Å². The Bertz CT molecular complexity index is 1030. The molecule has 0 atom stereocenters. The molecule has 0 unspecified atom stereocenters. The molecular weight excluding hydrogens is 362 g/mol. The average Bonchev–Trinajstić information content (AvgIpc) is 2.89. The summed E-state index contributed by atoms with van der Waals surface area (Å²) in [6, 6.07) is 7.70. The van der Waals surface area contributed by atoms with Crippen LogP contribution in [-0.2, 0) is 0 Å². The third-order valence-corrected chi connectivity index (χ3v) is 6.32. The minimum atomic E-state index is -0.413. The van der Waals surface area contributed by atoms with E-state index in [-0.39, 0.29) is 11.6 Å². The van der Waals surface area contributed by atoms with E-state index in [1.54, 1.807) is 25.1 Å². The number of hydrogen-bond acceptors (Lipinski definition) is 2. The van der Waals surface area contributed by atoms with Crippen molar-refractivity contribution in [2.45, 2.75) is 26.2 Å². The average molecular weight is 377 g/mol. The number of allylic oxidation sites excluding steroid dienone is 1. The lowest BCUT2D eigenvalue weighted by Crippen LogP contribution is -2.01. The molecule has 4 rings (SSSR count). The van der Waals surface area contributed by atoms with Crippen molar-refractivity contribution >= 4 is 38.8 Å². The first-order chi connectivity index (χ1) is 12.0. The van der Waals surface area contributed by atoms with Gasteiger partial charge in [0.05, 0.1) is 4.88 Å². The van der Waals surface area contributed by atoms with Gasteiger partial charge in [0.2, 0.25) is 0 Å². The summed E-state index contributed by atoms with van der Waals surface area (Å²) in [5, 5.41) is 11.8.